The third-order valence-electron chi connectivity index (χ3n) is 3.27. The molecule has 0 amide bonds. The molecule has 3 rings (SSSR count). The summed E-state index contributed by atoms with van der Waals surface area (Å²) >= 11 is 0. The van der Waals surface area contributed by atoms with Crippen LogP contribution in [0.5, 0.6) is 0 Å². The molecule has 0 bridgehead atoms. The summed E-state index contributed by atoms with van der Waals surface area (Å²) in [5, 5.41) is 0. The zero-order valence-corrected chi connectivity index (χ0v) is 11.3. The van der Waals surface area contributed by atoms with Gasteiger partial charge in [0.15, 0.2) is 0 Å². The fourth-order valence-corrected chi connectivity index (χ4v) is 2.25. The zero-order chi connectivity index (χ0) is 14.8. The maximum absolute atomic E-state index is 11.8. The largest absolute Gasteiger partial charge is 0.465 e. The van der Waals surface area contributed by atoms with Crippen molar-refractivity contribution in [3.63, 3.8) is 0 Å². The van der Waals surface area contributed by atoms with Crippen molar-refractivity contribution in [3.05, 3.63) is 70.8 Å². The molecule has 0 saturated carbocycles. The molecule has 1 aliphatic heterocycles. The zero-order valence-electron chi connectivity index (χ0n) is 11.3. The van der Waals surface area contributed by atoms with E-state index < -0.39 is 5.97 Å². The normalized spacial score (nSPS) is 14.7. The van der Waals surface area contributed by atoms with Crippen molar-refractivity contribution < 1.29 is 19.1 Å². The van der Waals surface area contributed by atoms with Crippen LogP contribution < -0.4 is 0 Å². The van der Waals surface area contributed by atoms with Crippen LogP contribution in [0.2, 0.25) is 0 Å². The summed E-state index contributed by atoms with van der Waals surface area (Å²) < 4.78 is 10.0. The van der Waals surface area contributed by atoms with Gasteiger partial charge in [-0.15, -0.1) is 0 Å². The van der Waals surface area contributed by atoms with E-state index >= 15 is 0 Å². The maximum atomic E-state index is 11.8. The van der Waals surface area contributed by atoms with Crippen LogP contribution in [0.25, 0.3) is 11.8 Å². The van der Waals surface area contributed by atoms with Gasteiger partial charge in [0.2, 0.25) is 0 Å². The summed E-state index contributed by atoms with van der Waals surface area (Å²) in [5.41, 5.74) is 2.32. The third-order valence-corrected chi connectivity index (χ3v) is 3.27. The van der Waals surface area contributed by atoms with Gasteiger partial charge in [-0.2, -0.15) is 0 Å². The van der Waals surface area contributed by atoms with E-state index in [0.717, 1.165) is 5.56 Å². The SMILES string of the molecule is COC(=O)c1ccccc1/C=C1/OC(=O)c2ccccc21. The number of carbonyl (C=O) groups excluding carboxylic acids is 2. The second-order valence-electron chi connectivity index (χ2n) is 4.52. The topological polar surface area (TPSA) is 52.6 Å². The number of hydrogen-bond acceptors (Lipinski definition) is 4. The van der Waals surface area contributed by atoms with Crippen molar-refractivity contribution in [1.29, 1.82) is 0 Å². The Labute approximate surface area is 121 Å². The van der Waals surface area contributed by atoms with E-state index in [4.69, 9.17) is 9.47 Å². The van der Waals surface area contributed by atoms with Gasteiger partial charge in [-0.1, -0.05) is 36.4 Å². The Morgan fingerprint density at radius 1 is 1.05 bits per heavy atom. The molecule has 0 fully saturated rings. The van der Waals surface area contributed by atoms with Crippen LogP contribution in [0, 0.1) is 0 Å². The average Bonchev–Trinajstić information content (AvgIpc) is 2.84. The Bertz CT molecular complexity index is 759. The molecule has 0 N–H and O–H groups in total. The standard InChI is InChI=1S/C17H12O4/c1-20-16(18)12-7-3-2-6-11(12)10-15-13-8-4-5-9-14(13)17(19)21-15/h2-10H,1H3/b15-10+. The van der Waals surface area contributed by atoms with E-state index in [1.165, 1.54) is 7.11 Å². The van der Waals surface area contributed by atoms with E-state index in [2.05, 4.69) is 0 Å². The minimum absolute atomic E-state index is 0.382. The number of rotatable bonds is 2. The van der Waals surface area contributed by atoms with Crippen LogP contribution in [-0.4, -0.2) is 19.0 Å². The summed E-state index contributed by atoms with van der Waals surface area (Å²) in [5.74, 6) is -0.376. The number of esters is 2. The van der Waals surface area contributed by atoms with Crippen LogP contribution in [0.4, 0.5) is 0 Å². The smallest absolute Gasteiger partial charge is 0.344 e. The molecule has 0 aromatic heterocycles. The highest BCUT2D eigenvalue weighted by Crippen LogP contribution is 2.31. The Hall–Kier alpha value is -2.88. The minimum atomic E-state index is -0.431. The second-order valence-corrected chi connectivity index (χ2v) is 4.52. The lowest BCUT2D eigenvalue weighted by molar-refractivity contribution is 0.0600. The predicted octanol–water partition coefficient (Wildman–Crippen LogP) is 3.14. The summed E-state index contributed by atoms with van der Waals surface area (Å²) in [6.07, 6.45) is 1.68. The first-order valence-corrected chi connectivity index (χ1v) is 6.41. The molecule has 21 heavy (non-hydrogen) atoms. The molecule has 0 spiro atoms. The van der Waals surface area contributed by atoms with Gasteiger partial charge >= 0.3 is 11.9 Å². The number of benzene rings is 2. The van der Waals surface area contributed by atoms with Crippen LogP contribution in [0.15, 0.2) is 48.5 Å². The lowest BCUT2D eigenvalue weighted by Gasteiger charge is -2.05. The molecule has 0 saturated heterocycles. The molecule has 1 heterocycles. The molecular formula is C17H12O4. The number of carbonyl (C=O) groups is 2. The van der Waals surface area contributed by atoms with Gasteiger partial charge in [-0.05, 0) is 23.8 Å². The minimum Gasteiger partial charge on any atom is -0.465 e. The number of ether oxygens (including phenoxy) is 2. The van der Waals surface area contributed by atoms with Gasteiger partial charge in [-0.3, -0.25) is 0 Å². The highest BCUT2D eigenvalue weighted by atomic mass is 16.5. The quantitative estimate of drug-likeness (QED) is 0.793. The lowest BCUT2D eigenvalue weighted by atomic mass is 10.0. The van der Waals surface area contributed by atoms with Crippen molar-refractivity contribution in [2.45, 2.75) is 0 Å². The van der Waals surface area contributed by atoms with Gasteiger partial charge in [0.1, 0.15) is 5.76 Å². The number of fused-ring (bicyclic) bond motifs is 1. The molecule has 4 nitrogen and oxygen atoms in total. The van der Waals surface area contributed by atoms with Crippen molar-refractivity contribution in [3.8, 4) is 0 Å². The van der Waals surface area contributed by atoms with Crippen LogP contribution >= 0.6 is 0 Å². The highest BCUT2D eigenvalue weighted by Gasteiger charge is 2.26. The monoisotopic (exact) mass is 280 g/mol. The number of cyclic esters (lactones) is 1. The number of hydrogen-bond donors (Lipinski definition) is 0. The van der Waals surface area contributed by atoms with Crippen LogP contribution in [0.3, 0.4) is 0 Å². The van der Waals surface area contributed by atoms with E-state index in [9.17, 15) is 9.59 Å². The molecule has 0 atom stereocenters. The molecule has 4 heteroatoms. The van der Waals surface area contributed by atoms with Crippen LogP contribution in [-0.2, 0) is 9.47 Å². The van der Waals surface area contributed by atoms with E-state index in [1.54, 1.807) is 36.4 Å². The first-order valence-electron chi connectivity index (χ1n) is 6.41. The van der Waals surface area contributed by atoms with Crippen LogP contribution in [0.1, 0.15) is 31.8 Å². The molecule has 0 radical (unpaired) electrons. The predicted molar refractivity (Wildman–Crippen MR) is 77.5 cm³/mol. The molecule has 2 aromatic carbocycles. The lowest BCUT2D eigenvalue weighted by Crippen LogP contribution is -2.03. The van der Waals surface area contributed by atoms with Crippen molar-refractivity contribution >= 4 is 23.8 Å². The van der Waals surface area contributed by atoms with Gasteiger partial charge in [0.05, 0.1) is 18.2 Å². The molecule has 2 aromatic rings. The molecule has 1 aliphatic rings. The van der Waals surface area contributed by atoms with E-state index in [-0.39, 0.29) is 5.97 Å². The molecule has 0 aliphatic carbocycles. The van der Waals surface area contributed by atoms with Gasteiger partial charge < -0.3 is 9.47 Å². The van der Waals surface area contributed by atoms with E-state index in [0.29, 0.717) is 22.4 Å². The van der Waals surface area contributed by atoms with Gasteiger partial charge in [0.25, 0.3) is 0 Å². The van der Waals surface area contributed by atoms with Crippen molar-refractivity contribution in [1.82, 2.24) is 0 Å². The van der Waals surface area contributed by atoms with Gasteiger partial charge in [-0.25, -0.2) is 9.59 Å². The Balaban J connectivity index is 2.09. The van der Waals surface area contributed by atoms with Gasteiger partial charge in [0, 0.05) is 5.56 Å². The highest BCUT2D eigenvalue weighted by molar-refractivity contribution is 6.06. The maximum Gasteiger partial charge on any atom is 0.344 e. The third kappa shape index (κ3) is 2.31. The first-order chi connectivity index (χ1) is 10.2. The Kier molecular flexibility index (Phi) is 3.28. The second kappa shape index (κ2) is 5.25. The summed E-state index contributed by atoms with van der Waals surface area (Å²) in [6.45, 7) is 0. The summed E-state index contributed by atoms with van der Waals surface area (Å²) in [6, 6.07) is 14.1. The fourth-order valence-electron chi connectivity index (χ4n) is 2.25. The first kappa shape index (κ1) is 13.1. The van der Waals surface area contributed by atoms with Crippen molar-refractivity contribution in [2.24, 2.45) is 0 Å². The summed E-state index contributed by atoms with van der Waals surface area (Å²) in [7, 11) is 1.33. The number of methoxy groups -OCH3 is 1. The Morgan fingerprint density at radius 2 is 1.71 bits per heavy atom. The molecular weight excluding hydrogens is 268 g/mol. The van der Waals surface area contributed by atoms with E-state index in [1.807, 2.05) is 18.2 Å². The molecule has 104 valence electrons. The Morgan fingerprint density at radius 3 is 2.48 bits per heavy atom. The van der Waals surface area contributed by atoms with Crippen molar-refractivity contribution in [2.75, 3.05) is 7.11 Å². The average molecular weight is 280 g/mol. The molecule has 0 unspecified atom stereocenters. The fraction of sp³-hybridized carbons (Fsp3) is 0.0588. The summed E-state index contributed by atoms with van der Waals surface area (Å²) in [4.78, 5) is 23.5.